The molecular formula is C14H23N3O4. The Morgan fingerprint density at radius 3 is 2.43 bits per heavy atom. The number of carbonyl (C=O) groups excluding carboxylic acids is 2. The van der Waals surface area contributed by atoms with Gasteiger partial charge in [0.15, 0.2) is 0 Å². The van der Waals surface area contributed by atoms with Crippen LogP contribution in [0.25, 0.3) is 0 Å². The minimum absolute atomic E-state index is 0.0263. The van der Waals surface area contributed by atoms with Crippen LogP contribution in [0.15, 0.2) is 0 Å². The lowest BCUT2D eigenvalue weighted by molar-refractivity contribution is -0.138. The highest BCUT2D eigenvalue weighted by Crippen LogP contribution is 2.21. The van der Waals surface area contributed by atoms with Crippen LogP contribution in [-0.4, -0.2) is 77.5 Å². The van der Waals surface area contributed by atoms with E-state index in [0.29, 0.717) is 26.2 Å². The number of likely N-dealkylation sites (N-methyl/N-ethyl adjacent to an activating group) is 1. The largest absolute Gasteiger partial charge is 0.481 e. The lowest BCUT2D eigenvalue weighted by Crippen LogP contribution is -2.48. The Morgan fingerprint density at radius 1 is 1.14 bits per heavy atom. The predicted octanol–water partition coefficient (Wildman–Crippen LogP) is 0.457. The minimum Gasteiger partial charge on any atom is -0.481 e. The highest BCUT2D eigenvalue weighted by molar-refractivity contribution is 5.84. The molecule has 7 heteroatoms. The highest BCUT2D eigenvalue weighted by Gasteiger charge is 2.29. The summed E-state index contributed by atoms with van der Waals surface area (Å²) in [5, 5.41) is 8.80. The van der Waals surface area contributed by atoms with Crippen LogP contribution in [0.2, 0.25) is 0 Å². The summed E-state index contributed by atoms with van der Waals surface area (Å²) >= 11 is 0. The first kappa shape index (κ1) is 15.6. The molecule has 0 saturated carbocycles. The number of hydrogen-bond acceptors (Lipinski definition) is 3. The lowest BCUT2D eigenvalue weighted by atomic mass is 9.94. The number of aliphatic carboxylic acids is 1. The van der Waals surface area contributed by atoms with Crippen molar-refractivity contribution in [1.82, 2.24) is 14.7 Å². The van der Waals surface area contributed by atoms with Crippen molar-refractivity contribution in [2.75, 3.05) is 39.8 Å². The molecule has 2 aliphatic heterocycles. The van der Waals surface area contributed by atoms with E-state index in [1.54, 1.807) is 21.7 Å². The van der Waals surface area contributed by atoms with Gasteiger partial charge < -0.3 is 19.8 Å². The third kappa shape index (κ3) is 4.09. The van der Waals surface area contributed by atoms with Gasteiger partial charge in [-0.1, -0.05) is 0 Å². The number of carboxylic acids is 1. The normalized spacial score (nSPS) is 21.4. The first-order valence-corrected chi connectivity index (χ1v) is 7.47. The van der Waals surface area contributed by atoms with E-state index in [-0.39, 0.29) is 30.8 Å². The molecule has 0 aliphatic carbocycles. The molecule has 1 N–H and O–H groups in total. The molecule has 0 aromatic carbocycles. The molecule has 118 valence electrons. The number of rotatable bonds is 2. The quantitative estimate of drug-likeness (QED) is 0.803. The number of piperidine rings is 1. The maximum absolute atomic E-state index is 12.5. The van der Waals surface area contributed by atoms with Gasteiger partial charge in [-0.25, -0.2) is 4.79 Å². The van der Waals surface area contributed by atoms with Crippen molar-refractivity contribution in [3.63, 3.8) is 0 Å². The SMILES string of the molecule is CN1CCCN(C(=O)N2CCC(CC(=O)O)CC2)CC1=O. The van der Waals surface area contributed by atoms with E-state index in [1.165, 1.54) is 0 Å². The Bertz CT molecular complexity index is 418. The van der Waals surface area contributed by atoms with Crippen molar-refractivity contribution >= 4 is 17.9 Å². The molecule has 3 amide bonds. The van der Waals surface area contributed by atoms with Gasteiger partial charge in [0.2, 0.25) is 5.91 Å². The van der Waals surface area contributed by atoms with Gasteiger partial charge in [0.25, 0.3) is 0 Å². The summed E-state index contributed by atoms with van der Waals surface area (Å²) in [6.07, 6.45) is 2.41. The van der Waals surface area contributed by atoms with Gasteiger partial charge in [-0.15, -0.1) is 0 Å². The zero-order chi connectivity index (χ0) is 15.4. The number of carbonyl (C=O) groups is 3. The second-order valence-corrected chi connectivity index (χ2v) is 5.90. The fraction of sp³-hybridized carbons (Fsp3) is 0.786. The number of nitrogens with zero attached hydrogens (tertiary/aromatic N) is 3. The first-order chi connectivity index (χ1) is 9.97. The third-order valence-electron chi connectivity index (χ3n) is 4.29. The average Bonchev–Trinajstić information content (AvgIpc) is 2.61. The van der Waals surface area contributed by atoms with E-state index in [4.69, 9.17) is 5.11 Å². The average molecular weight is 297 g/mol. The number of carboxylic acid groups (broad SMARTS) is 1. The maximum Gasteiger partial charge on any atom is 0.320 e. The number of hydrogen-bond donors (Lipinski definition) is 1. The minimum atomic E-state index is -0.777. The topological polar surface area (TPSA) is 81.2 Å². The lowest BCUT2D eigenvalue weighted by Gasteiger charge is -2.34. The molecule has 0 bridgehead atoms. The summed E-state index contributed by atoms with van der Waals surface area (Å²) in [5.74, 6) is -0.647. The summed E-state index contributed by atoms with van der Waals surface area (Å²) in [6.45, 7) is 2.59. The van der Waals surface area contributed by atoms with E-state index in [0.717, 1.165) is 19.3 Å². The van der Waals surface area contributed by atoms with Crippen molar-refractivity contribution in [1.29, 1.82) is 0 Å². The van der Waals surface area contributed by atoms with Gasteiger partial charge in [0.05, 0.1) is 0 Å². The Labute approximate surface area is 124 Å². The van der Waals surface area contributed by atoms with Crippen molar-refractivity contribution in [2.24, 2.45) is 5.92 Å². The summed E-state index contributed by atoms with van der Waals surface area (Å²) in [7, 11) is 1.76. The van der Waals surface area contributed by atoms with Crippen LogP contribution in [0.1, 0.15) is 25.7 Å². The number of urea groups is 1. The predicted molar refractivity (Wildman–Crippen MR) is 75.8 cm³/mol. The molecule has 2 saturated heterocycles. The molecule has 0 unspecified atom stereocenters. The summed E-state index contributed by atoms with van der Waals surface area (Å²) in [5.41, 5.74) is 0. The van der Waals surface area contributed by atoms with Crippen LogP contribution in [-0.2, 0) is 9.59 Å². The van der Waals surface area contributed by atoms with E-state index in [1.807, 2.05) is 0 Å². The number of likely N-dealkylation sites (tertiary alicyclic amines) is 1. The molecule has 0 radical (unpaired) electrons. The Balaban J connectivity index is 1.86. The van der Waals surface area contributed by atoms with E-state index in [2.05, 4.69) is 0 Å². The molecule has 2 aliphatic rings. The van der Waals surface area contributed by atoms with Crippen LogP contribution in [0.5, 0.6) is 0 Å². The molecule has 21 heavy (non-hydrogen) atoms. The van der Waals surface area contributed by atoms with E-state index >= 15 is 0 Å². The highest BCUT2D eigenvalue weighted by atomic mass is 16.4. The van der Waals surface area contributed by atoms with Crippen molar-refractivity contribution in [3.8, 4) is 0 Å². The van der Waals surface area contributed by atoms with E-state index in [9.17, 15) is 14.4 Å². The van der Waals surface area contributed by atoms with Crippen LogP contribution in [0.3, 0.4) is 0 Å². The van der Waals surface area contributed by atoms with Crippen molar-refractivity contribution in [2.45, 2.75) is 25.7 Å². The van der Waals surface area contributed by atoms with Gasteiger partial charge in [-0.2, -0.15) is 0 Å². The smallest absolute Gasteiger partial charge is 0.320 e. The van der Waals surface area contributed by atoms with Gasteiger partial charge in [-0.3, -0.25) is 9.59 Å². The Kier molecular flexibility index (Phi) is 5.03. The first-order valence-electron chi connectivity index (χ1n) is 7.47. The molecule has 7 nitrogen and oxygen atoms in total. The molecule has 2 heterocycles. The summed E-state index contributed by atoms with van der Waals surface area (Å²) in [6, 6.07) is -0.0903. The summed E-state index contributed by atoms with van der Waals surface area (Å²) < 4.78 is 0. The van der Waals surface area contributed by atoms with Gasteiger partial charge >= 0.3 is 12.0 Å². The second kappa shape index (κ2) is 6.78. The maximum atomic E-state index is 12.5. The van der Waals surface area contributed by atoms with E-state index < -0.39 is 5.97 Å². The van der Waals surface area contributed by atoms with Gasteiger partial charge in [0, 0.05) is 39.6 Å². The standard InChI is InChI=1S/C14H23N3O4/c1-15-5-2-6-17(10-12(15)18)14(21)16-7-3-11(4-8-16)9-13(19)20/h11H,2-10H2,1H3,(H,19,20). The second-order valence-electron chi connectivity index (χ2n) is 5.90. The monoisotopic (exact) mass is 297 g/mol. The molecule has 2 rings (SSSR count). The molecule has 2 fully saturated rings. The molecular weight excluding hydrogens is 274 g/mol. The van der Waals surface area contributed by atoms with Crippen LogP contribution >= 0.6 is 0 Å². The Hall–Kier alpha value is -1.79. The van der Waals surface area contributed by atoms with Crippen molar-refractivity contribution < 1.29 is 19.5 Å². The fourth-order valence-electron chi connectivity index (χ4n) is 2.93. The zero-order valence-electron chi connectivity index (χ0n) is 12.5. The van der Waals surface area contributed by atoms with Gasteiger partial charge in [0.1, 0.15) is 6.54 Å². The summed E-state index contributed by atoms with van der Waals surface area (Å²) in [4.78, 5) is 40.0. The van der Waals surface area contributed by atoms with Crippen LogP contribution in [0, 0.1) is 5.92 Å². The Morgan fingerprint density at radius 2 is 1.81 bits per heavy atom. The molecule has 0 atom stereocenters. The fourth-order valence-corrected chi connectivity index (χ4v) is 2.93. The van der Waals surface area contributed by atoms with Gasteiger partial charge in [-0.05, 0) is 25.2 Å². The third-order valence-corrected chi connectivity index (χ3v) is 4.29. The van der Waals surface area contributed by atoms with Crippen LogP contribution in [0.4, 0.5) is 4.79 Å². The van der Waals surface area contributed by atoms with Crippen molar-refractivity contribution in [3.05, 3.63) is 0 Å². The zero-order valence-corrected chi connectivity index (χ0v) is 12.5. The van der Waals surface area contributed by atoms with Crippen LogP contribution < -0.4 is 0 Å². The molecule has 0 aromatic heterocycles. The molecule has 0 aromatic rings. The number of amides is 3. The molecule has 0 spiro atoms.